The fourth-order valence-corrected chi connectivity index (χ4v) is 5.00. The van der Waals surface area contributed by atoms with Gasteiger partial charge in [0.2, 0.25) is 5.91 Å². The highest BCUT2D eigenvalue weighted by Crippen LogP contribution is 2.29. The Balaban J connectivity index is 1.74. The molecule has 0 unspecified atom stereocenters. The second kappa shape index (κ2) is 11.5. The Hall–Kier alpha value is -2.32. The maximum atomic E-state index is 12.9. The summed E-state index contributed by atoms with van der Waals surface area (Å²) in [6, 6.07) is 5.67. The molecule has 0 saturated heterocycles. The van der Waals surface area contributed by atoms with Crippen molar-refractivity contribution >= 4 is 23.4 Å². The Morgan fingerprint density at radius 1 is 1.25 bits per heavy atom. The molecule has 1 aliphatic carbocycles. The van der Waals surface area contributed by atoms with Gasteiger partial charge < -0.3 is 15.0 Å². The van der Waals surface area contributed by atoms with Crippen LogP contribution < -0.4 is 15.7 Å². The van der Waals surface area contributed by atoms with Gasteiger partial charge in [0.15, 0.2) is 0 Å². The van der Waals surface area contributed by atoms with E-state index < -0.39 is 0 Å². The van der Waals surface area contributed by atoms with Crippen LogP contribution in [0.15, 0.2) is 28.0 Å². The molecule has 1 aliphatic rings. The van der Waals surface area contributed by atoms with Gasteiger partial charge in [-0.05, 0) is 63.4 Å². The van der Waals surface area contributed by atoms with Gasteiger partial charge in [-0.2, -0.15) is 4.98 Å². The average Bonchev–Trinajstić information content (AvgIpc) is 2.79. The third kappa shape index (κ3) is 5.92. The van der Waals surface area contributed by atoms with E-state index in [1.165, 1.54) is 11.8 Å². The van der Waals surface area contributed by atoms with Crippen LogP contribution in [0.2, 0.25) is 0 Å². The number of hydrogen-bond donors (Lipinski definition) is 1. The molecule has 7 nitrogen and oxygen atoms in total. The van der Waals surface area contributed by atoms with Crippen molar-refractivity contribution < 1.29 is 9.53 Å². The Morgan fingerprint density at radius 2 is 2.00 bits per heavy atom. The van der Waals surface area contributed by atoms with E-state index in [1.807, 2.05) is 29.7 Å². The molecular formula is C24H34N4O3S. The SMILES string of the molecule is CCN(CC)CCn1c2c(c(SCC(=O)Nc3cc(C)ccc3OC)nc1=O)CCCC2. The van der Waals surface area contributed by atoms with E-state index in [0.717, 1.165) is 62.1 Å². The van der Waals surface area contributed by atoms with Crippen molar-refractivity contribution in [2.75, 3.05) is 37.8 Å². The third-order valence-electron chi connectivity index (χ3n) is 5.95. The first-order valence-electron chi connectivity index (χ1n) is 11.4. The molecule has 1 aromatic carbocycles. The van der Waals surface area contributed by atoms with Crippen LogP contribution in [0.3, 0.4) is 0 Å². The van der Waals surface area contributed by atoms with Crippen molar-refractivity contribution in [2.24, 2.45) is 0 Å². The minimum Gasteiger partial charge on any atom is -0.495 e. The number of fused-ring (bicyclic) bond motifs is 1. The van der Waals surface area contributed by atoms with E-state index in [-0.39, 0.29) is 17.3 Å². The van der Waals surface area contributed by atoms with E-state index >= 15 is 0 Å². The number of hydrogen-bond acceptors (Lipinski definition) is 6. The first-order valence-corrected chi connectivity index (χ1v) is 12.4. The molecule has 0 spiro atoms. The van der Waals surface area contributed by atoms with Crippen molar-refractivity contribution in [1.29, 1.82) is 0 Å². The predicted molar refractivity (Wildman–Crippen MR) is 130 cm³/mol. The summed E-state index contributed by atoms with van der Waals surface area (Å²) >= 11 is 1.35. The largest absolute Gasteiger partial charge is 0.495 e. The van der Waals surface area contributed by atoms with E-state index in [4.69, 9.17) is 4.74 Å². The molecule has 0 aliphatic heterocycles. The van der Waals surface area contributed by atoms with E-state index in [0.29, 0.717) is 23.0 Å². The van der Waals surface area contributed by atoms with Crippen molar-refractivity contribution in [1.82, 2.24) is 14.5 Å². The zero-order valence-electron chi connectivity index (χ0n) is 19.6. The molecule has 8 heteroatoms. The highest BCUT2D eigenvalue weighted by Gasteiger charge is 2.21. The van der Waals surface area contributed by atoms with Gasteiger partial charge in [-0.1, -0.05) is 31.7 Å². The number of benzene rings is 1. The number of rotatable bonds is 10. The van der Waals surface area contributed by atoms with Crippen molar-refractivity contribution in [3.8, 4) is 5.75 Å². The highest BCUT2D eigenvalue weighted by atomic mass is 32.2. The molecule has 2 aromatic rings. The van der Waals surface area contributed by atoms with Gasteiger partial charge in [-0.15, -0.1) is 0 Å². The fourth-order valence-electron chi connectivity index (χ4n) is 4.12. The highest BCUT2D eigenvalue weighted by molar-refractivity contribution is 8.00. The lowest BCUT2D eigenvalue weighted by atomic mass is 9.97. The van der Waals surface area contributed by atoms with E-state index in [1.54, 1.807) is 7.11 Å². The third-order valence-corrected chi connectivity index (χ3v) is 6.97. The van der Waals surface area contributed by atoms with Gasteiger partial charge in [0.1, 0.15) is 10.8 Å². The standard InChI is InChI=1S/C24H34N4O3S/c1-5-27(6-2)13-14-28-20-10-8-7-9-18(20)23(26-24(28)30)32-16-22(29)25-19-15-17(3)11-12-21(19)31-4/h11-12,15H,5-10,13-14,16H2,1-4H3,(H,25,29). The van der Waals surface area contributed by atoms with Crippen molar-refractivity contribution in [3.05, 3.63) is 45.5 Å². The normalized spacial score (nSPS) is 13.2. The number of ether oxygens (including phenoxy) is 1. The summed E-state index contributed by atoms with van der Waals surface area (Å²) < 4.78 is 7.20. The number of nitrogens with zero attached hydrogens (tertiary/aromatic N) is 3. The van der Waals surface area contributed by atoms with Crippen LogP contribution in [0.25, 0.3) is 0 Å². The second-order valence-electron chi connectivity index (χ2n) is 8.05. The number of anilines is 1. The molecule has 32 heavy (non-hydrogen) atoms. The van der Waals surface area contributed by atoms with Gasteiger partial charge in [-0.3, -0.25) is 9.36 Å². The molecule has 1 heterocycles. The summed E-state index contributed by atoms with van der Waals surface area (Å²) in [5, 5.41) is 3.63. The Morgan fingerprint density at radius 3 is 2.72 bits per heavy atom. The lowest BCUT2D eigenvalue weighted by molar-refractivity contribution is -0.113. The molecule has 3 rings (SSSR count). The van der Waals surface area contributed by atoms with Crippen LogP contribution in [0.5, 0.6) is 5.75 Å². The minimum absolute atomic E-state index is 0.143. The van der Waals surface area contributed by atoms with Gasteiger partial charge in [0, 0.05) is 24.3 Å². The topological polar surface area (TPSA) is 76.5 Å². The molecule has 0 bridgehead atoms. The number of carbonyl (C=O) groups is 1. The van der Waals surface area contributed by atoms with Crippen LogP contribution in [0.1, 0.15) is 43.5 Å². The molecule has 174 valence electrons. The second-order valence-corrected chi connectivity index (χ2v) is 9.02. The van der Waals surface area contributed by atoms with Gasteiger partial charge in [0.25, 0.3) is 0 Å². The molecule has 1 N–H and O–H groups in total. The number of thioether (sulfide) groups is 1. The Bertz CT molecular complexity index is 1000. The first-order chi connectivity index (χ1) is 15.5. The zero-order valence-corrected chi connectivity index (χ0v) is 20.4. The lowest BCUT2D eigenvalue weighted by Crippen LogP contribution is -2.35. The maximum absolute atomic E-state index is 12.9. The summed E-state index contributed by atoms with van der Waals surface area (Å²) in [5.74, 6) is 0.677. The van der Waals surface area contributed by atoms with Gasteiger partial charge in [0.05, 0.1) is 18.6 Å². The summed E-state index contributed by atoms with van der Waals surface area (Å²) in [5.41, 5.74) is 3.73. The summed E-state index contributed by atoms with van der Waals surface area (Å²) in [7, 11) is 1.58. The predicted octanol–water partition coefficient (Wildman–Crippen LogP) is 3.51. The number of aryl methyl sites for hydroxylation is 1. The number of methoxy groups -OCH3 is 1. The summed E-state index contributed by atoms with van der Waals surface area (Å²) in [6.45, 7) is 9.68. The van der Waals surface area contributed by atoms with Gasteiger partial charge in [-0.25, -0.2) is 4.79 Å². The number of nitrogens with one attached hydrogen (secondary N) is 1. The van der Waals surface area contributed by atoms with Gasteiger partial charge >= 0.3 is 5.69 Å². The van der Waals surface area contributed by atoms with Crippen LogP contribution in [0.4, 0.5) is 5.69 Å². The number of likely N-dealkylation sites (N-methyl/N-ethyl adjacent to an activating group) is 1. The Kier molecular flexibility index (Phi) is 8.75. The number of carbonyl (C=O) groups excluding carboxylic acids is 1. The molecule has 1 amide bonds. The smallest absolute Gasteiger partial charge is 0.348 e. The first kappa shape index (κ1) is 24.3. The number of amides is 1. The lowest BCUT2D eigenvalue weighted by Gasteiger charge is -2.24. The van der Waals surface area contributed by atoms with Crippen LogP contribution in [-0.4, -0.2) is 52.9 Å². The number of aromatic nitrogens is 2. The van der Waals surface area contributed by atoms with E-state index in [2.05, 4.69) is 29.0 Å². The molecule has 0 saturated carbocycles. The van der Waals surface area contributed by atoms with Crippen LogP contribution in [0, 0.1) is 6.92 Å². The molecule has 0 radical (unpaired) electrons. The molecule has 1 aromatic heterocycles. The summed E-state index contributed by atoms with van der Waals surface area (Å²) in [4.78, 5) is 32.2. The average molecular weight is 459 g/mol. The van der Waals surface area contributed by atoms with Crippen LogP contribution in [-0.2, 0) is 24.2 Å². The maximum Gasteiger partial charge on any atom is 0.348 e. The molecular weight excluding hydrogens is 424 g/mol. The monoisotopic (exact) mass is 458 g/mol. The van der Waals surface area contributed by atoms with E-state index in [9.17, 15) is 9.59 Å². The molecule has 0 atom stereocenters. The quantitative estimate of drug-likeness (QED) is 0.434. The zero-order chi connectivity index (χ0) is 23.1. The van der Waals surface area contributed by atoms with Crippen LogP contribution >= 0.6 is 11.8 Å². The fraction of sp³-hybridized carbons (Fsp3) is 0.542. The van der Waals surface area contributed by atoms with Crippen molar-refractivity contribution in [3.63, 3.8) is 0 Å². The minimum atomic E-state index is -0.207. The molecule has 0 fully saturated rings. The van der Waals surface area contributed by atoms with Crippen molar-refractivity contribution in [2.45, 2.75) is 58.0 Å². The Labute approximate surface area is 194 Å². The summed E-state index contributed by atoms with van der Waals surface area (Å²) in [6.07, 6.45) is 3.97.